The molecule has 0 amide bonds. The van der Waals surface area contributed by atoms with Crippen LogP contribution in [0.3, 0.4) is 0 Å². The first kappa shape index (κ1) is 107. The van der Waals surface area contributed by atoms with E-state index >= 15 is 0 Å². The van der Waals surface area contributed by atoms with Gasteiger partial charge < -0.3 is 34.5 Å². The molecule has 0 unspecified atom stereocenters. The first-order valence-electron chi connectivity index (χ1n) is 40.8. The molecule has 2 radical (unpaired) electrons. The smallest absolute Gasteiger partial charge is 0.418 e. The van der Waals surface area contributed by atoms with Gasteiger partial charge in [-0.15, -0.1) is 23.2 Å². The summed E-state index contributed by atoms with van der Waals surface area (Å²) in [7, 11) is -14.9. The van der Waals surface area contributed by atoms with Gasteiger partial charge in [-0.3, -0.25) is 0 Å². The number of para-hydroxylation sites is 4. The second kappa shape index (κ2) is 58.2. The number of nitrogens with zero attached hydrogens (tertiary/aromatic N) is 4. The van der Waals surface area contributed by atoms with Crippen molar-refractivity contribution in [2.45, 2.75) is 216 Å². The van der Waals surface area contributed by atoms with Gasteiger partial charge in [0.25, 0.3) is 0 Å². The van der Waals surface area contributed by atoms with E-state index in [2.05, 4.69) is 395 Å². The van der Waals surface area contributed by atoms with Crippen molar-refractivity contribution in [2.75, 3.05) is 14.7 Å². The normalized spacial score (nSPS) is 13.6. The SMILES string of the molecule is C1=C\CC/C=C\CC/1.C1=C\CC/C=C\CC/1.CC(C)c1cccc(C(C)C)c1N=CN(c1c(C(C)C)cccc1C(C)C)[PH+](c1ccccc1)c1ccccc1.CC(C)c1cccc(C(C)C)c1N=CN(c1c(C(C)C)cccc1C(C)C)[PH+](c1ccccc1)c1ccccc1.Cc1ccccc1.ClCCl.F[B-](F)(F)F.F[B-](F)(F)F.[Rh].[Rh]. The molecule has 0 N–H and O–H groups in total. The minimum absolute atomic E-state index is 0. The van der Waals surface area contributed by atoms with Crippen LogP contribution in [-0.2, 0) is 39.0 Å². The summed E-state index contributed by atoms with van der Waals surface area (Å²) in [6, 6.07) is 81.4. The summed E-state index contributed by atoms with van der Waals surface area (Å²) in [6.07, 6.45) is 32.4. The second-order valence-corrected chi connectivity index (χ2v) is 36.2. The fraction of sp³-hybridized carbons (Fsp3) is 0.347. The zero-order valence-corrected chi connectivity index (χ0v) is 78.8. The molecule has 0 fully saturated rings. The Balaban J connectivity index is 0.000000555. The van der Waals surface area contributed by atoms with Gasteiger partial charge in [-0.05, 0) is 199 Å². The van der Waals surface area contributed by atoms with Gasteiger partial charge in [-0.1, -0.05) is 341 Å². The number of aryl methyl sites for hydroxylation is 1. The van der Waals surface area contributed by atoms with Crippen molar-refractivity contribution in [2.24, 2.45) is 9.98 Å². The van der Waals surface area contributed by atoms with E-state index in [-0.39, 0.29) is 44.3 Å². The van der Waals surface area contributed by atoms with E-state index in [1.807, 2.05) is 18.2 Å². The van der Waals surface area contributed by atoms with Crippen molar-refractivity contribution in [1.82, 2.24) is 0 Å². The van der Waals surface area contributed by atoms with E-state index in [1.165, 1.54) is 134 Å². The van der Waals surface area contributed by atoms with Crippen molar-refractivity contribution < 1.29 is 73.5 Å². The number of anilines is 2. The molecule has 118 heavy (non-hydrogen) atoms. The Morgan fingerprint density at radius 3 is 0.602 bits per heavy atom. The first-order chi connectivity index (χ1) is 55.2. The quantitative estimate of drug-likeness (QED) is 0.0145. The molecule has 9 aromatic rings. The number of aliphatic imine (C=N–C) groups is 2. The minimum atomic E-state index is -6.00. The third kappa shape index (κ3) is 39.8. The Labute approximate surface area is 742 Å². The van der Waals surface area contributed by atoms with E-state index in [9.17, 15) is 34.5 Å². The van der Waals surface area contributed by atoms with E-state index in [4.69, 9.17) is 33.2 Å². The molecular weight excluding hydrogens is 1750 g/mol. The van der Waals surface area contributed by atoms with Crippen LogP contribution in [-0.4, -0.2) is 32.5 Å². The zero-order chi connectivity index (χ0) is 85.8. The van der Waals surface area contributed by atoms with Gasteiger partial charge in [0.2, 0.25) is 0 Å². The molecule has 11 rings (SSSR count). The number of hydrogen-bond acceptors (Lipinski definition) is 2. The molecule has 2 aliphatic rings. The van der Waals surface area contributed by atoms with Crippen LogP contribution >= 0.6 is 39.3 Å². The number of halogens is 10. The van der Waals surface area contributed by atoms with Gasteiger partial charge in [0, 0.05) is 39.0 Å². The molecule has 0 aliphatic heterocycles. The second-order valence-electron chi connectivity index (χ2n) is 30.7. The monoisotopic (exact) mass is 1870 g/mol. The molecule has 0 bridgehead atoms. The van der Waals surface area contributed by atoms with E-state index in [0.29, 0.717) is 47.3 Å². The summed E-state index contributed by atoms with van der Waals surface area (Å²) in [6.45, 7) is 38.7. The standard InChI is InChI=1S/2C37H45N2P.2C8H12.C7H8.CH2Cl2.2BF4.2Rh/c2*1-26(2)32-21-15-22-33(27(3)4)36(32)38-25-39(37-34(28(5)6)23-16-24-35(37)29(7)8)40(30-17-11-9-12-18-30)31-19-13-10-14-20-31;2*1-2-4-6-8-7-5-3-1;1-7-5-3-2-4-6-7;2-1-3;2*2-1(3,4)5;;/h2*9-29H,1-8H3;2*1-2,7-8H,3-6H2;2-6H,1H3;1H2;;;;/q;;;;;;2*-1;;/p+2/b;;2*2-1-,8-7-;;;;;;. The molecule has 0 saturated carbocycles. The van der Waals surface area contributed by atoms with Crippen molar-refractivity contribution >= 4 is 111 Å². The van der Waals surface area contributed by atoms with Crippen LogP contribution in [0.4, 0.5) is 57.3 Å². The van der Waals surface area contributed by atoms with Crippen LogP contribution in [0.25, 0.3) is 0 Å². The molecule has 2 aliphatic carbocycles. The molecule has 0 spiro atoms. The number of alkyl halides is 2. The number of benzene rings is 9. The summed E-state index contributed by atoms with van der Waals surface area (Å²) in [4.78, 5) is 10.8. The van der Waals surface area contributed by atoms with Crippen LogP contribution in [0.1, 0.15) is 260 Å². The van der Waals surface area contributed by atoms with Crippen LogP contribution in [0.2, 0.25) is 0 Å². The summed E-state index contributed by atoms with van der Waals surface area (Å²) in [5.74, 6) is 3.09. The Hall–Kier alpha value is -6.86. The van der Waals surface area contributed by atoms with Crippen LogP contribution in [0.15, 0.2) is 283 Å². The largest absolute Gasteiger partial charge is 0.673 e. The topological polar surface area (TPSA) is 31.2 Å². The van der Waals surface area contributed by atoms with Crippen molar-refractivity contribution in [3.05, 3.63) is 323 Å². The van der Waals surface area contributed by atoms with E-state index < -0.39 is 30.7 Å². The van der Waals surface area contributed by atoms with Crippen molar-refractivity contribution in [3.8, 4) is 0 Å². The molecule has 4 nitrogen and oxygen atoms in total. The van der Waals surface area contributed by atoms with Gasteiger partial charge in [-0.25, -0.2) is 9.98 Å². The summed E-state index contributed by atoms with van der Waals surface area (Å²) >= 11 is 9.53. The molecule has 0 saturated heterocycles. The van der Waals surface area contributed by atoms with Crippen molar-refractivity contribution in [3.63, 3.8) is 0 Å². The Morgan fingerprint density at radius 2 is 0.449 bits per heavy atom. The maximum atomic E-state index is 9.75. The number of rotatable bonds is 20. The molecule has 0 aromatic heterocycles. The van der Waals surface area contributed by atoms with Gasteiger partial charge in [0.1, 0.15) is 33.9 Å². The molecule has 0 atom stereocenters. The van der Waals surface area contributed by atoms with Crippen LogP contribution in [0.5, 0.6) is 0 Å². The summed E-state index contributed by atoms with van der Waals surface area (Å²) in [5.41, 5.74) is 16.9. The Morgan fingerprint density at radius 1 is 0.288 bits per heavy atom. The predicted molar refractivity (Wildman–Crippen MR) is 502 cm³/mol. The van der Waals surface area contributed by atoms with Gasteiger partial charge >= 0.3 is 14.5 Å². The maximum Gasteiger partial charge on any atom is 0.673 e. The summed E-state index contributed by atoms with van der Waals surface area (Å²) in [5, 5.41) is 5.58. The molecular formula is C98H126B2Cl2F8N4P2Rh2. The fourth-order valence-corrected chi connectivity index (χ4v) is 18.2. The third-order valence-corrected chi connectivity index (χ3v) is 23.9. The van der Waals surface area contributed by atoms with E-state index in [1.54, 1.807) is 0 Å². The van der Waals surface area contributed by atoms with Gasteiger partial charge in [-0.2, -0.15) is 9.34 Å². The fourth-order valence-electron chi connectivity index (χ4n) is 13.1. The average Bonchev–Trinajstić information content (AvgIpc) is 0.774. The van der Waals surface area contributed by atoms with Crippen LogP contribution in [0, 0.1) is 6.92 Å². The average molecular weight is 1870 g/mol. The van der Waals surface area contributed by atoms with Crippen LogP contribution < -0.4 is 30.6 Å². The number of hydrogen-bond donors (Lipinski definition) is 0. The van der Waals surface area contributed by atoms with Gasteiger partial charge in [0.05, 0.1) is 28.1 Å². The molecule has 20 heteroatoms. The van der Waals surface area contributed by atoms with Gasteiger partial charge in [0.15, 0.2) is 16.1 Å². The zero-order valence-electron chi connectivity index (χ0n) is 72.0. The molecule has 642 valence electrons. The number of allylic oxidation sites excluding steroid dienone is 8. The Kier molecular flexibility index (Phi) is 52.9. The Bertz CT molecular complexity index is 3890. The molecule has 0 heterocycles. The maximum absolute atomic E-state index is 9.75. The predicted octanol–water partition coefficient (Wildman–Crippen LogP) is 31.6. The minimum Gasteiger partial charge on any atom is -0.418 e. The summed E-state index contributed by atoms with van der Waals surface area (Å²) < 4.78 is 83.1. The molecule has 9 aromatic carbocycles. The van der Waals surface area contributed by atoms with E-state index in [0.717, 1.165) is 11.4 Å². The third-order valence-electron chi connectivity index (χ3n) is 18.7. The first-order valence-corrected chi connectivity index (χ1v) is 44.8. The van der Waals surface area contributed by atoms with Crippen molar-refractivity contribution in [1.29, 1.82) is 0 Å².